The van der Waals surface area contributed by atoms with Crippen LogP contribution in [-0.2, 0) is 11.2 Å². The van der Waals surface area contributed by atoms with Crippen LogP contribution < -0.4 is 5.32 Å². The van der Waals surface area contributed by atoms with Crippen LogP contribution in [0.15, 0.2) is 42.5 Å². The van der Waals surface area contributed by atoms with Gasteiger partial charge >= 0.3 is 0 Å². The van der Waals surface area contributed by atoms with Crippen molar-refractivity contribution in [2.24, 2.45) is 0 Å². The fraction of sp³-hybridized carbons (Fsp3) is 0.176. The van der Waals surface area contributed by atoms with Crippen molar-refractivity contribution in [1.82, 2.24) is 9.97 Å². The number of carbonyl (C=O) groups is 1. The Morgan fingerprint density at radius 3 is 2.86 bits per heavy atom. The number of imidazole rings is 1. The predicted molar refractivity (Wildman–Crippen MR) is 84.2 cm³/mol. The summed E-state index contributed by atoms with van der Waals surface area (Å²) in [6, 6.07) is 12.4. The van der Waals surface area contributed by atoms with E-state index < -0.39 is 0 Å². The summed E-state index contributed by atoms with van der Waals surface area (Å²) in [5.41, 5.74) is 2.87. The van der Waals surface area contributed by atoms with Crippen LogP contribution in [0.3, 0.4) is 0 Å². The molecule has 0 aliphatic heterocycles. The van der Waals surface area contributed by atoms with Gasteiger partial charge in [0.2, 0.25) is 5.91 Å². The van der Waals surface area contributed by atoms with E-state index in [0.29, 0.717) is 17.7 Å². The second-order valence-corrected chi connectivity index (χ2v) is 5.21. The van der Waals surface area contributed by atoms with Crippen LogP contribution in [0.1, 0.15) is 17.8 Å². The van der Waals surface area contributed by atoms with Gasteiger partial charge in [0.15, 0.2) is 0 Å². The third-order valence-electron chi connectivity index (χ3n) is 3.48. The molecule has 2 aromatic carbocycles. The maximum Gasteiger partial charge on any atom is 0.224 e. The molecule has 0 spiro atoms. The molecule has 3 aromatic rings. The molecular weight excluding hydrogens is 281 g/mol. The number of halogens is 1. The average Bonchev–Trinajstić information content (AvgIpc) is 2.92. The van der Waals surface area contributed by atoms with E-state index >= 15 is 0 Å². The van der Waals surface area contributed by atoms with Gasteiger partial charge in [-0.1, -0.05) is 18.2 Å². The van der Waals surface area contributed by atoms with Crippen molar-refractivity contribution < 1.29 is 9.18 Å². The molecule has 0 fully saturated rings. The number of aromatic amines is 1. The summed E-state index contributed by atoms with van der Waals surface area (Å²) in [7, 11) is 0. The number of H-pyrrole nitrogens is 1. The number of amides is 1. The van der Waals surface area contributed by atoms with Gasteiger partial charge in [0.1, 0.15) is 11.6 Å². The van der Waals surface area contributed by atoms with Crippen molar-refractivity contribution >= 4 is 22.6 Å². The molecule has 22 heavy (non-hydrogen) atoms. The van der Waals surface area contributed by atoms with Crippen molar-refractivity contribution in [3.05, 3.63) is 59.7 Å². The van der Waals surface area contributed by atoms with Gasteiger partial charge in [-0.15, -0.1) is 0 Å². The highest BCUT2D eigenvalue weighted by atomic mass is 19.1. The Kier molecular flexibility index (Phi) is 3.87. The molecule has 0 saturated heterocycles. The van der Waals surface area contributed by atoms with Crippen LogP contribution in [0.5, 0.6) is 0 Å². The van der Waals surface area contributed by atoms with E-state index in [-0.39, 0.29) is 18.1 Å². The summed E-state index contributed by atoms with van der Waals surface area (Å²) >= 11 is 0. The first-order valence-electron chi connectivity index (χ1n) is 7.11. The monoisotopic (exact) mass is 297 g/mol. The molecule has 0 saturated carbocycles. The number of nitrogens with one attached hydrogen (secondary N) is 2. The quantitative estimate of drug-likeness (QED) is 0.773. The smallest absolute Gasteiger partial charge is 0.224 e. The lowest BCUT2D eigenvalue weighted by atomic mass is 10.2. The summed E-state index contributed by atoms with van der Waals surface area (Å²) in [5.74, 6) is 0.283. The molecule has 0 radical (unpaired) electrons. The Bertz CT molecular complexity index is 793. The lowest BCUT2D eigenvalue weighted by Gasteiger charge is -2.05. The summed E-state index contributed by atoms with van der Waals surface area (Å²) in [6.45, 7) is 1.68. The number of carbonyl (C=O) groups excluding carboxylic acids is 1. The van der Waals surface area contributed by atoms with Crippen molar-refractivity contribution in [2.45, 2.75) is 19.8 Å². The van der Waals surface area contributed by atoms with Crippen LogP contribution in [0, 0.1) is 12.7 Å². The topological polar surface area (TPSA) is 57.8 Å². The minimum absolute atomic E-state index is 0.163. The largest absolute Gasteiger partial charge is 0.342 e. The fourth-order valence-corrected chi connectivity index (χ4v) is 2.25. The Morgan fingerprint density at radius 1 is 1.27 bits per heavy atom. The molecule has 1 amide bonds. The third kappa shape index (κ3) is 3.14. The van der Waals surface area contributed by atoms with Gasteiger partial charge in [-0.3, -0.25) is 4.79 Å². The van der Waals surface area contributed by atoms with Crippen molar-refractivity contribution in [2.75, 3.05) is 5.32 Å². The molecule has 112 valence electrons. The van der Waals surface area contributed by atoms with Gasteiger partial charge in [-0.25, -0.2) is 9.37 Å². The molecule has 0 aliphatic carbocycles. The van der Waals surface area contributed by atoms with Crippen LogP contribution in [0.2, 0.25) is 0 Å². The number of hydrogen-bond acceptors (Lipinski definition) is 2. The van der Waals surface area contributed by atoms with Gasteiger partial charge in [-0.05, 0) is 36.8 Å². The van der Waals surface area contributed by atoms with Crippen molar-refractivity contribution in [3.63, 3.8) is 0 Å². The highest BCUT2D eigenvalue weighted by Gasteiger charge is 2.07. The van der Waals surface area contributed by atoms with Crippen molar-refractivity contribution in [3.8, 4) is 0 Å². The summed E-state index contributed by atoms with van der Waals surface area (Å²) in [6.07, 6.45) is 0.796. The highest BCUT2D eigenvalue weighted by Crippen LogP contribution is 2.15. The molecule has 2 N–H and O–H groups in total. The summed E-state index contributed by atoms with van der Waals surface area (Å²) in [5, 5.41) is 2.69. The third-order valence-corrected chi connectivity index (χ3v) is 3.48. The van der Waals surface area contributed by atoms with E-state index in [1.165, 1.54) is 6.07 Å². The number of benzene rings is 2. The van der Waals surface area contributed by atoms with Gasteiger partial charge in [-0.2, -0.15) is 0 Å². The molecule has 1 aromatic heterocycles. The standard InChI is InChI=1S/C17H16FN3O/c1-11-6-7-12(10-13(11)18)19-17(22)9-8-16-20-14-4-2-3-5-15(14)21-16/h2-7,10H,8-9H2,1H3,(H,19,22)(H,20,21). The maximum atomic E-state index is 13.4. The second kappa shape index (κ2) is 5.97. The molecule has 4 nitrogen and oxygen atoms in total. The van der Waals surface area contributed by atoms with Crippen LogP contribution in [-0.4, -0.2) is 15.9 Å². The number of aromatic nitrogens is 2. The fourth-order valence-electron chi connectivity index (χ4n) is 2.25. The summed E-state index contributed by atoms with van der Waals surface area (Å²) < 4.78 is 13.4. The molecule has 1 heterocycles. The van der Waals surface area contributed by atoms with Crippen LogP contribution in [0.4, 0.5) is 10.1 Å². The minimum Gasteiger partial charge on any atom is -0.342 e. The van der Waals surface area contributed by atoms with Crippen LogP contribution >= 0.6 is 0 Å². The molecular formula is C17H16FN3O. The molecule has 0 unspecified atom stereocenters. The molecule has 5 heteroatoms. The Morgan fingerprint density at radius 2 is 2.09 bits per heavy atom. The number of para-hydroxylation sites is 2. The Hall–Kier alpha value is -2.69. The van der Waals surface area contributed by atoms with E-state index in [9.17, 15) is 9.18 Å². The molecule has 0 atom stereocenters. The zero-order chi connectivity index (χ0) is 15.5. The van der Waals surface area contributed by atoms with Crippen LogP contribution in [0.25, 0.3) is 11.0 Å². The first-order valence-corrected chi connectivity index (χ1v) is 7.11. The molecule has 3 rings (SSSR count). The van der Waals surface area contributed by atoms with E-state index in [1.54, 1.807) is 19.1 Å². The predicted octanol–water partition coefficient (Wildman–Crippen LogP) is 3.58. The van der Waals surface area contributed by atoms with Gasteiger partial charge in [0.25, 0.3) is 0 Å². The first-order chi connectivity index (χ1) is 10.6. The number of aryl methyl sites for hydroxylation is 2. The SMILES string of the molecule is Cc1ccc(NC(=O)CCc2nc3ccccc3[nH]2)cc1F. The van der Waals surface area contributed by atoms with Gasteiger partial charge in [0.05, 0.1) is 11.0 Å². The Labute approximate surface area is 127 Å². The zero-order valence-corrected chi connectivity index (χ0v) is 12.2. The van der Waals surface area contributed by atoms with E-state index in [1.807, 2.05) is 24.3 Å². The van der Waals surface area contributed by atoms with E-state index in [4.69, 9.17) is 0 Å². The number of fused-ring (bicyclic) bond motifs is 1. The lowest BCUT2D eigenvalue weighted by Crippen LogP contribution is -2.12. The average molecular weight is 297 g/mol. The normalized spacial score (nSPS) is 10.8. The number of nitrogens with zero attached hydrogens (tertiary/aromatic N) is 1. The zero-order valence-electron chi connectivity index (χ0n) is 12.2. The first kappa shape index (κ1) is 14.3. The van der Waals surface area contributed by atoms with Gasteiger partial charge in [0, 0.05) is 18.5 Å². The number of hydrogen-bond donors (Lipinski definition) is 2. The molecule has 0 bridgehead atoms. The lowest BCUT2D eigenvalue weighted by molar-refractivity contribution is -0.116. The second-order valence-electron chi connectivity index (χ2n) is 5.21. The summed E-state index contributed by atoms with van der Waals surface area (Å²) in [4.78, 5) is 19.5. The highest BCUT2D eigenvalue weighted by molar-refractivity contribution is 5.90. The maximum absolute atomic E-state index is 13.4. The minimum atomic E-state index is -0.324. The van der Waals surface area contributed by atoms with E-state index in [0.717, 1.165) is 16.9 Å². The number of anilines is 1. The van der Waals surface area contributed by atoms with E-state index in [2.05, 4.69) is 15.3 Å². The number of rotatable bonds is 4. The van der Waals surface area contributed by atoms with Crippen molar-refractivity contribution in [1.29, 1.82) is 0 Å². The molecule has 0 aliphatic rings. The Balaban J connectivity index is 1.60. The van der Waals surface area contributed by atoms with Gasteiger partial charge < -0.3 is 10.3 Å².